The van der Waals surface area contributed by atoms with E-state index in [0.717, 1.165) is 27.1 Å². The van der Waals surface area contributed by atoms with E-state index in [4.69, 9.17) is 0 Å². The minimum absolute atomic E-state index is 0.659. The smallest absolute Gasteiger partial charge is 0.331 e. The molecule has 0 radical (unpaired) electrons. The summed E-state index contributed by atoms with van der Waals surface area (Å²) in [6.07, 6.45) is 2.36. The van der Waals surface area contributed by atoms with Crippen LogP contribution in [0.4, 0.5) is 5.82 Å². The van der Waals surface area contributed by atoms with Crippen molar-refractivity contribution in [3.8, 4) is 0 Å². The van der Waals surface area contributed by atoms with Crippen LogP contribution in [-0.4, -0.2) is 27.6 Å². The second kappa shape index (κ2) is 4.78. The van der Waals surface area contributed by atoms with Gasteiger partial charge in [0.15, 0.2) is 6.04 Å². The van der Waals surface area contributed by atoms with Crippen molar-refractivity contribution in [3.05, 3.63) is 39.7 Å². The first-order chi connectivity index (χ1) is 10.3. The fourth-order valence-electron chi connectivity index (χ4n) is 2.82. The lowest BCUT2D eigenvalue weighted by Gasteiger charge is -2.34. The Hall–Kier alpha value is -1.99. The first-order valence-corrected chi connectivity index (χ1v) is 8.25. The number of anilines is 1. The van der Waals surface area contributed by atoms with Gasteiger partial charge in [0.05, 0.1) is 5.39 Å². The van der Waals surface area contributed by atoms with Crippen LogP contribution in [0.3, 0.4) is 0 Å². The highest BCUT2D eigenvalue weighted by Gasteiger charge is 2.35. The van der Waals surface area contributed by atoms with Crippen molar-refractivity contribution < 1.29 is 9.90 Å². The summed E-state index contributed by atoms with van der Waals surface area (Å²) < 4.78 is 0. The molecule has 1 aliphatic heterocycles. The van der Waals surface area contributed by atoms with Crippen LogP contribution in [0.1, 0.15) is 16.5 Å². The highest BCUT2D eigenvalue weighted by Crippen LogP contribution is 2.38. The maximum absolute atomic E-state index is 11.8. The van der Waals surface area contributed by atoms with Crippen LogP contribution in [0.15, 0.2) is 29.2 Å². The molecule has 7 heteroatoms. The second-order valence-corrected chi connectivity index (χ2v) is 6.72. The number of nitrogens with zero attached hydrogens (tertiary/aromatic N) is 3. The Morgan fingerprint density at radius 2 is 2.14 bits per heavy atom. The van der Waals surface area contributed by atoms with Gasteiger partial charge in [-0.3, -0.25) is 0 Å². The van der Waals surface area contributed by atoms with E-state index >= 15 is 0 Å². The minimum Gasteiger partial charge on any atom is -0.479 e. The molecular weight excluding hydrogens is 306 g/mol. The van der Waals surface area contributed by atoms with E-state index in [1.165, 1.54) is 17.7 Å². The predicted octanol–water partition coefficient (Wildman–Crippen LogP) is 2.94. The van der Waals surface area contributed by atoms with Crippen LogP contribution in [0.25, 0.3) is 10.2 Å². The van der Waals surface area contributed by atoms with Gasteiger partial charge in [0.1, 0.15) is 17.0 Å². The molecule has 0 aliphatic carbocycles. The number of aromatic nitrogens is 2. The summed E-state index contributed by atoms with van der Waals surface area (Å²) in [5.74, 6) is -0.123. The lowest BCUT2D eigenvalue weighted by Crippen LogP contribution is -2.39. The fourth-order valence-corrected chi connectivity index (χ4v) is 4.45. The molecule has 21 heavy (non-hydrogen) atoms. The van der Waals surface area contributed by atoms with E-state index < -0.39 is 12.0 Å². The van der Waals surface area contributed by atoms with Crippen molar-refractivity contribution in [3.63, 3.8) is 0 Å². The number of hydrogen-bond acceptors (Lipinski definition) is 6. The second-order valence-electron chi connectivity index (χ2n) is 4.82. The number of thiophene rings is 2. The Balaban J connectivity index is 1.88. The fraction of sp³-hybridized carbons (Fsp3) is 0.214. The van der Waals surface area contributed by atoms with Crippen molar-refractivity contribution in [1.82, 2.24) is 9.97 Å². The van der Waals surface area contributed by atoms with Gasteiger partial charge in [0, 0.05) is 11.4 Å². The molecule has 4 rings (SSSR count). The average molecular weight is 317 g/mol. The summed E-state index contributed by atoms with van der Waals surface area (Å²) in [6.45, 7) is 0.659. The predicted molar refractivity (Wildman–Crippen MR) is 83.2 cm³/mol. The Labute approximate surface area is 128 Å². The number of rotatable bonds is 2. The van der Waals surface area contributed by atoms with Crippen LogP contribution in [0, 0.1) is 0 Å². The summed E-state index contributed by atoms with van der Waals surface area (Å²) in [5, 5.41) is 14.5. The van der Waals surface area contributed by atoms with E-state index in [0.29, 0.717) is 12.4 Å². The third-order valence-corrected chi connectivity index (χ3v) is 5.53. The van der Waals surface area contributed by atoms with Crippen molar-refractivity contribution in [2.45, 2.75) is 12.5 Å². The Kier molecular flexibility index (Phi) is 2.90. The quantitative estimate of drug-likeness (QED) is 0.787. The molecule has 0 spiro atoms. The standard InChI is InChI=1S/C14H11N3O2S2/c18-14(19)11-8-2-5-20-10(8)1-4-17(11)12-9-3-6-21-13(9)16-7-15-12/h2-3,5-7,11H,1,4H2,(H,18,19). The molecule has 5 nitrogen and oxygen atoms in total. The maximum atomic E-state index is 11.8. The average Bonchev–Trinajstić information content (AvgIpc) is 3.13. The van der Waals surface area contributed by atoms with Gasteiger partial charge in [0.25, 0.3) is 0 Å². The van der Waals surface area contributed by atoms with Gasteiger partial charge in [0.2, 0.25) is 0 Å². The molecule has 1 N–H and O–H groups in total. The van der Waals surface area contributed by atoms with E-state index in [9.17, 15) is 9.90 Å². The summed E-state index contributed by atoms with van der Waals surface area (Å²) in [5.41, 5.74) is 0.890. The van der Waals surface area contributed by atoms with E-state index in [-0.39, 0.29) is 0 Å². The van der Waals surface area contributed by atoms with Crippen LogP contribution in [0.5, 0.6) is 0 Å². The monoisotopic (exact) mass is 317 g/mol. The highest BCUT2D eigenvalue weighted by atomic mass is 32.1. The topological polar surface area (TPSA) is 66.3 Å². The van der Waals surface area contributed by atoms with Gasteiger partial charge in [-0.15, -0.1) is 22.7 Å². The van der Waals surface area contributed by atoms with E-state index in [1.807, 2.05) is 27.8 Å². The van der Waals surface area contributed by atoms with Crippen LogP contribution >= 0.6 is 22.7 Å². The number of carboxylic acid groups (broad SMARTS) is 1. The number of carboxylic acids is 1. The normalized spacial score (nSPS) is 17.9. The van der Waals surface area contributed by atoms with Crippen LogP contribution in [0.2, 0.25) is 0 Å². The maximum Gasteiger partial charge on any atom is 0.331 e. The van der Waals surface area contributed by atoms with E-state index in [2.05, 4.69) is 9.97 Å². The molecule has 1 aliphatic rings. The Morgan fingerprint density at radius 3 is 3.00 bits per heavy atom. The zero-order chi connectivity index (χ0) is 14.4. The van der Waals surface area contributed by atoms with Crippen molar-refractivity contribution in [2.75, 3.05) is 11.4 Å². The zero-order valence-electron chi connectivity index (χ0n) is 10.9. The number of hydrogen-bond donors (Lipinski definition) is 1. The lowest BCUT2D eigenvalue weighted by molar-refractivity contribution is -0.138. The molecule has 1 unspecified atom stereocenters. The Bertz CT molecular complexity index is 826. The third-order valence-electron chi connectivity index (χ3n) is 3.71. The van der Waals surface area contributed by atoms with Gasteiger partial charge in [-0.05, 0) is 34.9 Å². The van der Waals surface area contributed by atoms with Gasteiger partial charge in [-0.25, -0.2) is 14.8 Å². The molecule has 0 aromatic carbocycles. The molecular formula is C14H11N3O2S2. The lowest BCUT2D eigenvalue weighted by atomic mass is 10.00. The largest absolute Gasteiger partial charge is 0.479 e. The third kappa shape index (κ3) is 1.92. The molecule has 0 saturated carbocycles. The summed E-state index contributed by atoms with van der Waals surface area (Å²) >= 11 is 3.17. The van der Waals surface area contributed by atoms with Crippen LogP contribution in [-0.2, 0) is 11.2 Å². The zero-order valence-corrected chi connectivity index (χ0v) is 12.5. The molecule has 106 valence electrons. The molecule has 4 heterocycles. The van der Waals surface area contributed by atoms with Gasteiger partial charge in [-0.1, -0.05) is 0 Å². The molecule has 0 saturated heterocycles. The van der Waals surface area contributed by atoms with Crippen molar-refractivity contribution >= 4 is 44.7 Å². The number of fused-ring (bicyclic) bond motifs is 2. The van der Waals surface area contributed by atoms with Crippen molar-refractivity contribution in [1.29, 1.82) is 0 Å². The van der Waals surface area contributed by atoms with Crippen molar-refractivity contribution in [2.24, 2.45) is 0 Å². The molecule has 3 aromatic heterocycles. The minimum atomic E-state index is -0.837. The summed E-state index contributed by atoms with van der Waals surface area (Å²) in [6, 6.07) is 3.20. The molecule has 0 fully saturated rings. The summed E-state index contributed by atoms with van der Waals surface area (Å²) in [4.78, 5) is 24.3. The van der Waals surface area contributed by atoms with Crippen LogP contribution < -0.4 is 4.90 Å². The summed E-state index contributed by atoms with van der Waals surface area (Å²) in [7, 11) is 0. The number of carbonyl (C=O) groups is 1. The molecule has 3 aromatic rings. The SMILES string of the molecule is O=C(O)C1c2ccsc2CCN1c1ncnc2sccc12. The first kappa shape index (κ1) is 12.7. The Morgan fingerprint density at radius 1 is 1.29 bits per heavy atom. The first-order valence-electron chi connectivity index (χ1n) is 6.49. The molecule has 0 bridgehead atoms. The molecule has 0 amide bonds. The number of aliphatic carboxylic acids is 1. The van der Waals surface area contributed by atoms with Gasteiger partial charge in [-0.2, -0.15) is 0 Å². The molecule has 1 atom stereocenters. The van der Waals surface area contributed by atoms with E-state index in [1.54, 1.807) is 11.3 Å². The highest BCUT2D eigenvalue weighted by molar-refractivity contribution is 7.16. The van der Waals surface area contributed by atoms with Gasteiger partial charge < -0.3 is 10.0 Å². The van der Waals surface area contributed by atoms with Gasteiger partial charge >= 0.3 is 5.97 Å².